The maximum Gasteiger partial charge on any atom is 0.208 e. The molecule has 0 bridgehead atoms. The molecule has 3 rings (SSSR count). The number of rotatable bonds is 3. The second-order valence-electron chi connectivity index (χ2n) is 5.09. The first-order chi connectivity index (χ1) is 9.78. The van der Waals surface area contributed by atoms with Crippen LogP contribution in [0.5, 0.6) is 0 Å². The molecule has 5 nitrogen and oxygen atoms in total. The van der Waals surface area contributed by atoms with Crippen LogP contribution in [0.4, 0.5) is 5.13 Å². The molecule has 2 unspecified atom stereocenters. The van der Waals surface area contributed by atoms with E-state index in [1.54, 1.807) is 24.6 Å². The quantitative estimate of drug-likeness (QED) is 0.869. The van der Waals surface area contributed by atoms with Gasteiger partial charge >= 0.3 is 0 Å². The van der Waals surface area contributed by atoms with Gasteiger partial charge in [-0.15, -0.1) is 10.2 Å². The minimum Gasteiger partial charge on any atom is -0.379 e. The maximum absolute atomic E-state index is 5.55. The second-order valence-corrected chi connectivity index (χ2v) is 6.05. The van der Waals surface area contributed by atoms with E-state index < -0.39 is 0 Å². The summed E-state index contributed by atoms with van der Waals surface area (Å²) in [6, 6.07) is 5.83. The van der Waals surface area contributed by atoms with Crippen LogP contribution in [0.15, 0.2) is 24.4 Å². The molecule has 2 atom stereocenters. The van der Waals surface area contributed by atoms with E-state index in [9.17, 15) is 0 Å². The Kier molecular flexibility index (Phi) is 3.93. The first kappa shape index (κ1) is 13.5. The van der Waals surface area contributed by atoms with Crippen molar-refractivity contribution in [1.82, 2.24) is 15.2 Å². The van der Waals surface area contributed by atoms with Gasteiger partial charge in [0.05, 0.1) is 6.10 Å². The van der Waals surface area contributed by atoms with E-state index in [-0.39, 0.29) is 6.10 Å². The van der Waals surface area contributed by atoms with Crippen molar-refractivity contribution in [1.29, 1.82) is 0 Å². The van der Waals surface area contributed by atoms with Crippen molar-refractivity contribution in [3.8, 4) is 10.7 Å². The number of piperidine rings is 1. The third-order valence-corrected chi connectivity index (χ3v) is 4.77. The highest BCUT2D eigenvalue weighted by atomic mass is 32.1. The maximum atomic E-state index is 5.55. The summed E-state index contributed by atoms with van der Waals surface area (Å²) in [4.78, 5) is 6.58. The van der Waals surface area contributed by atoms with Gasteiger partial charge in [-0.25, -0.2) is 0 Å². The van der Waals surface area contributed by atoms with Crippen LogP contribution in [0.2, 0.25) is 0 Å². The van der Waals surface area contributed by atoms with E-state index >= 15 is 0 Å². The summed E-state index contributed by atoms with van der Waals surface area (Å²) in [6.07, 6.45) is 3.17. The molecule has 0 spiro atoms. The third kappa shape index (κ3) is 2.66. The fourth-order valence-electron chi connectivity index (χ4n) is 2.45. The largest absolute Gasteiger partial charge is 0.379 e. The molecule has 106 valence electrons. The Bertz CT molecular complexity index is 559. The van der Waals surface area contributed by atoms with Crippen LogP contribution in [0, 0.1) is 5.92 Å². The van der Waals surface area contributed by atoms with E-state index in [1.807, 2.05) is 18.2 Å². The first-order valence-electron chi connectivity index (χ1n) is 6.80. The van der Waals surface area contributed by atoms with Crippen LogP contribution in [-0.2, 0) is 4.74 Å². The molecule has 0 N–H and O–H groups in total. The smallest absolute Gasteiger partial charge is 0.208 e. The van der Waals surface area contributed by atoms with E-state index in [1.165, 1.54) is 0 Å². The summed E-state index contributed by atoms with van der Waals surface area (Å²) in [7, 11) is 1.78. The molecule has 0 amide bonds. The number of ether oxygens (including phenoxy) is 1. The summed E-state index contributed by atoms with van der Waals surface area (Å²) >= 11 is 1.59. The van der Waals surface area contributed by atoms with Crippen molar-refractivity contribution in [3.63, 3.8) is 0 Å². The summed E-state index contributed by atoms with van der Waals surface area (Å²) in [6.45, 7) is 4.14. The molecule has 0 radical (unpaired) electrons. The lowest BCUT2D eigenvalue weighted by Gasteiger charge is -2.35. The highest BCUT2D eigenvalue weighted by molar-refractivity contribution is 7.18. The van der Waals surface area contributed by atoms with Crippen LogP contribution in [-0.4, -0.2) is 41.5 Å². The average Bonchev–Trinajstić information content (AvgIpc) is 2.98. The molecule has 0 aliphatic carbocycles. The van der Waals surface area contributed by atoms with Gasteiger partial charge in [0.15, 0.2) is 5.01 Å². The Morgan fingerprint density at radius 2 is 2.25 bits per heavy atom. The van der Waals surface area contributed by atoms with E-state index in [0.717, 1.165) is 35.3 Å². The van der Waals surface area contributed by atoms with Crippen molar-refractivity contribution in [2.75, 3.05) is 25.1 Å². The topological polar surface area (TPSA) is 51.1 Å². The van der Waals surface area contributed by atoms with Crippen molar-refractivity contribution in [2.24, 2.45) is 5.92 Å². The minimum absolute atomic E-state index is 0.269. The standard InChI is InChI=1S/C14H18N4OS/c1-10-6-8-18(9-12(10)19-2)14-17-16-13(20-14)11-5-3-4-7-15-11/h3-5,7,10,12H,6,8-9H2,1-2H3. The normalized spacial score (nSPS) is 23.0. The zero-order valence-corrected chi connectivity index (χ0v) is 12.5. The van der Waals surface area contributed by atoms with Crippen molar-refractivity contribution in [2.45, 2.75) is 19.4 Å². The number of hydrogen-bond acceptors (Lipinski definition) is 6. The number of aromatic nitrogens is 3. The fourth-order valence-corrected chi connectivity index (χ4v) is 3.31. The lowest BCUT2D eigenvalue weighted by atomic mass is 9.96. The third-order valence-electron chi connectivity index (χ3n) is 3.76. The number of anilines is 1. The molecule has 1 fully saturated rings. The van der Waals surface area contributed by atoms with Gasteiger partial charge in [-0.1, -0.05) is 24.3 Å². The number of pyridine rings is 1. The number of nitrogens with zero attached hydrogens (tertiary/aromatic N) is 4. The second kappa shape index (κ2) is 5.85. The van der Waals surface area contributed by atoms with Gasteiger partial charge in [0, 0.05) is 26.4 Å². The SMILES string of the molecule is COC1CN(c2nnc(-c3ccccn3)s2)CCC1C. The van der Waals surface area contributed by atoms with Crippen LogP contribution in [0.3, 0.4) is 0 Å². The van der Waals surface area contributed by atoms with Gasteiger partial charge in [-0.3, -0.25) is 4.98 Å². The predicted molar refractivity (Wildman–Crippen MR) is 79.9 cm³/mol. The first-order valence-corrected chi connectivity index (χ1v) is 7.62. The van der Waals surface area contributed by atoms with E-state index in [2.05, 4.69) is 27.0 Å². The average molecular weight is 290 g/mol. The monoisotopic (exact) mass is 290 g/mol. The Labute approximate surface area is 122 Å². The molecule has 1 aliphatic heterocycles. The Hall–Kier alpha value is -1.53. The van der Waals surface area contributed by atoms with Crippen LogP contribution < -0.4 is 4.90 Å². The molecule has 3 heterocycles. The highest BCUT2D eigenvalue weighted by Gasteiger charge is 2.28. The molecule has 20 heavy (non-hydrogen) atoms. The Morgan fingerprint density at radius 3 is 3.00 bits per heavy atom. The Morgan fingerprint density at radius 1 is 1.35 bits per heavy atom. The van der Waals surface area contributed by atoms with Crippen molar-refractivity contribution >= 4 is 16.5 Å². The van der Waals surface area contributed by atoms with Crippen molar-refractivity contribution < 1.29 is 4.74 Å². The van der Waals surface area contributed by atoms with E-state index in [4.69, 9.17) is 4.74 Å². The molecule has 2 aromatic heterocycles. The van der Waals surface area contributed by atoms with Crippen molar-refractivity contribution in [3.05, 3.63) is 24.4 Å². The predicted octanol–water partition coefficient (Wildman–Crippen LogP) is 2.46. The van der Waals surface area contributed by atoms with Gasteiger partial charge in [-0.05, 0) is 24.5 Å². The highest BCUT2D eigenvalue weighted by Crippen LogP contribution is 2.30. The van der Waals surface area contributed by atoms with Gasteiger partial charge in [0.1, 0.15) is 5.69 Å². The summed E-state index contributed by atoms with van der Waals surface area (Å²) < 4.78 is 5.55. The van der Waals surface area contributed by atoms with Gasteiger partial charge < -0.3 is 9.64 Å². The lowest BCUT2D eigenvalue weighted by Crippen LogP contribution is -2.43. The molecule has 1 saturated heterocycles. The van der Waals surface area contributed by atoms with E-state index in [0.29, 0.717) is 5.92 Å². The summed E-state index contributed by atoms with van der Waals surface area (Å²) in [5.41, 5.74) is 0.880. The number of methoxy groups -OCH3 is 1. The zero-order valence-electron chi connectivity index (χ0n) is 11.7. The molecule has 2 aromatic rings. The molecular weight excluding hydrogens is 272 g/mol. The Balaban J connectivity index is 1.77. The van der Waals surface area contributed by atoms with Crippen LogP contribution >= 0.6 is 11.3 Å². The number of hydrogen-bond donors (Lipinski definition) is 0. The van der Waals surface area contributed by atoms with Gasteiger partial charge in [-0.2, -0.15) is 0 Å². The minimum atomic E-state index is 0.269. The zero-order chi connectivity index (χ0) is 13.9. The van der Waals surface area contributed by atoms with Crippen LogP contribution in [0.1, 0.15) is 13.3 Å². The molecule has 0 saturated carbocycles. The fraction of sp³-hybridized carbons (Fsp3) is 0.500. The molecule has 1 aliphatic rings. The van der Waals surface area contributed by atoms with Crippen LogP contribution in [0.25, 0.3) is 10.7 Å². The van der Waals surface area contributed by atoms with Gasteiger partial charge in [0.25, 0.3) is 0 Å². The molecule has 0 aromatic carbocycles. The molecular formula is C14H18N4OS. The van der Waals surface area contributed by atoms with Gasteiger partial charge in [0.2, 0.25) is 5.13 Å². The lowest BCUT2D eigenvalue weighted by molar-refractivity contribution is 0.0498. The summed E-state index contributed by atoms with van der Waals surface area (Å²) in [5.74, 6) is 0.597. The molecule has 6 heteroatoms. The summed E-state index contributed by atoms with van der Waals surface area (Å²) in [5, 5.41) is 10.4.